The molecule has 222 valence electrons. The summed E-state index contributed by atoms with van der Waals surface area (Å²) >= 11 is 0. The highest BCUT2D eigenvalue weighted by molar-refractivity contribution is 5.93. The van der Waals surface area contributed by atoms with Crippen LogP contribution < -0.4 is 15.8 Å². The minimum absolute atomic E-state index is 0.168. The number of amides is 2. The Labute approximate surface area is 251 Å². The van der Waals surface area contributed by atoms with Gasteiger partial charge in [0.15, 0.2) is 0 Å². The fourth-order valence-electron chi connectivity index (χ4n) is 5.86. The normalized spacial score (nSPS) is 13.8. The maximum absolute atomic E-state index is 13.0. The lowest BCUT2D eigenvalue weighted by atomic mass is 9.96. The Hall–Kier alpha value is -4.57. The minimum Gasteiger partial charge on any atom is -0.323 e. The molecule has 2 aromatic heterocycles. The third-order valence-electron chi connectivity index (χ3n) is 8.36. The average Bonchev–Trinajstić information content (AvgIpc) is 3.71. The van der Waals surface area contributed by atoms with E-state index in [0.717, 1.165) is 71.3 Å². The van der Waals surface area contributed by atoms with Crippen LogP contribution in [0.15, 0.2) is 66.7 Å². The number of benzene rings is 3. The molecule has 0 radical (unpaired) electrons. The number of imidazole rings is 1. The second-order valence-electron chi connectivity index (χ2n) is 11.3. The molecular weight excluding hydrogens is 538 g/mol. The molecule has 0 bridgehead atoms. The number of carbonyl (C=O) groups excluding carboxylic acids is 1. The number of unbranched alkanes of at least 4 members (excludes halogenated alkanes) is 1. The molecule has 0 aliphatic heterocycles. The lowest BCUT2D eigenvalue weighted by Gasteiger charge is -2.25. The number of hydrazine groups is 1. The summed E-state index contributed by atoms with van der Waals surface area (Å²) < 4.78 is 2.29. The maximum atomic E-state index is 13.0. The molecule has 0 spiro atoms. The predicted molar refractivity (Wildman–Crippen MR) is 169 cm³/mol. The van der Waals surface area contributed by atoms with Crippen LogP contribution in [0.5, 0.6) is 0 Å². The van der Waals surface area contributed by atoms with E-state index >= 15 is 0 Å². The lowest BCUT2D eigenvalue weighted by molar-refractivity contribution is 0.237. The first-order chi connectivity index (χ1) is 21.1. The molecule has 0 saturated heterocycles. The van der Waals surface area contributed by atoms with Crippen LogP contribution in [0.3, 0.4) is 0 Å². The summed E-state index contributed by atoms with van der Waals surface area (Å²) in [4.78, 5) is 19.7. The quantitative estimate of drug-likeness (QED) is 0.169. The number of aromatic nitrogens is 6. The summed E-state index contributed by atoms with van der Waals surface area (Å²) in [6.07, 6.45) is 8.96. The molecule has 2 amide bonds. The Morgan fingerprint density at radius 1 is 1.02 bits per heavy atom. The smallest absolute Gasteiger partial charge is 0.323 e. The van der Waals surface area contributed by atoms with E-state index in [4.69, 9.17) is 4.98 Å². The molecule has 3 aromatic carbocycles. The Balaban J connectivity index is 1.24. The van der Waals surface area contributed by atoms with Gasteiger partial charge in [-0.25, -0.2) is 15.2 Å². The Bertz CT molecular complexity index is 1650. The molecule has 3 N–H and O–H groups in total. The number of hydrogen-bond acceptors (Lipinski definition) is 6. The molecule has 43 heavy (non-hydrogen) atoms. The highest BCUT2D eigenvalue weighted by Gasteiger charge is 2.18. The van der Waals surface area contributed by atoms with Gasteiger partial charge in [0.05, 0.1) is 11.0 Å². The third-order valence-corrected chi connectivity index (χ3v) is 8.36. The average molecular weight is 578 g/mol. The molecule has 0 atom stereocenters. The van der Waals surface area contributed by atoms with Crippen LogP contribution in [0.1, 0.15) is 63.3 Å². The SMILES string of the molecule is CCCCc1nc2ccc(N(C)C(=O)NNC3CCCCC3)cc2n1Cc1ccc(-c2ccccc2-c2nn[nH]n2)cc1. The van der Waals surface area contributed by atoms with Gasteiger partial charge in [-0.3, -0.25) is 10.3 Å². The van der Waals surface area contributed by atoms with Crippen LogP contribution in [0.25, 0.3) is 33.5 Å². The number of urea groups is 1. The molecule has 2 heterocycles. The maximum Gasteiger partial charge on any atom is 0.335 e. The van der Waals surface area contributed by atoms with E-state index in [1.165, 1.54) is 24.8 Å². The fourth-order valence-corrected chi connectivity index (χ4v) is 5.86. The Kier molecular flexibility index (Phi) is 8.74. The molecule has 1 fully saturated rings. The number of anilines is 1. The number of nitrogens with one attached hydrogen (secondary N) is 3. The topological polar surface area (TPSA) is 117 Å². The number of tetrazole rings is 1. The van der Waals surface area contributed by atoms with Crippen LogP contribution >= 0.6 is 0 Å². The van der Waals surface area contributed by atoms with Crippen molar-refractivity contribution in [3.8, 4) is 22.5 Å². The molecule has 10 nitrogen and oxygen atoms in total. The highest BCUT2D eigenvalue weighted by Crippen LogP contribution is 2.30. The molecule has 10 heteroatoms. The zero-order chi connectivity index (χ0) is 29.6. The van der Waals surface area contributed by atoms with Crippen LogP contribution in [0.2, 0.25) is 0 Å². The molecule has 5 aromatic rings. The van der Waals surface area contributed by atoms with E-state index in [1.54, 1.807) is 4.90 Å². The van der Waals surface area contributed by atoms with Crippen molar-refractivity contribution in [3.05, 3.63) is 78.1 Å². The van der Waals surface area contributed by atoms with Gasteiger partial charge in [-0.1, -0.05) is 81.1 Å². The molecule has 0 unspecified atom stereocenters. The summed E-state index contributed by atoms with van der Waals surface area (Å²) in [7, 11) is 1.81. The van der Waals surface area contributed by atoms with E-state index in [9.17, 15) is 4.79 Å². The van der Waals surface area contributed by atoms with Crippen LogP contribution in [-0.4, -0.2) is 49.3 Å². The third kappa shape index (κ3) is 6.44. The molecule has 1 saturated carbocycles. The van der Waals surface area contributed by atoms with Gasteiger partial charge >= 0.3 is 6.03 Å². The zero-order valence-electron chi connectivity index (χ0n) is 24.9. The lowest BCUT2D eigenvalue weighted by Crippen LogP contribution is -2.49. The van der Waals surface area contributed by atoms with Crippen molar-refractivity contribution in [2.75, 3.05) is 11.9 Å². The first-order valence-corrected chi connectivity index (χ1v) is 15.3. The van der Waals surface area contributed by atoms with E-state index in [-0.39, 0.29) is 6.03 Å². The number of carbonyl (C=O) groups is 1. The van der Waals surface area contributed by atoms with Crippen molar-refractivity contribution < 1.29 is 4.79 Å². The standard InChI is InChI=1S/C33H39N9O/c1-3-4-14-31-34-29-20-19-26(41(2)33(43)38-35-25-10-6-5-7-11-25)21-30(29)42(31)22-23-15-17-24(18-16-23)27-12-8-9-13-28(27)32-36-39-40-37-32/h8-9,12-13,15-21,25,35H,3-7,10-11,14,22H2,1-2H3,(H,38,43)(H,36,37,39,40). The highest BCUT2D eigenvalue weighted by atomic mass is 16.2. The summed E-state index contributed by atoms with van der Waals surface area (Å²) in [6.45, 7) is 2.89. The predicted octanol–water partition coefficient (Wildman–Crippen LogP) is 6.26. The number of aryl methyl sites for hydroxylation is 1. The second-order valence-corrected chi connectivity index (χ2v) is 11.3. The first-order valence-electron chi connectivity index (χ1n) is 15.3. The van der Waals surface area contributed by atoms with Gasteiger partial charge < -0.3 is 4.57 Å². The fraction of sp³-hybridized carbons (Fsp3) is 0.364. The molecule has 1 aliphatic rings. The van der Waals surface area contributed by atoms with Crippen LogP contribution in [0, 0.1) is 0 Å². The summed E-state index contributed by atoms with van der Waals surface area (Å²) in [6, 6.07) is 22.9. The van der Waals surface area contributed by atoms with Crippen LogP contribution in [0.4, 0.5) is 10.5 Å². The van der Waals surface area contributed by atoms with Gasteiger partial charge in [0.2, 0.25) is 5.82 Å². The van der Waals surface area contributed by atoms with Crippen molar-refractivity contribution in [1.82, 2.24) is 41.0 Å². The zero-order valence-corrected chi connectivity index (χ0v) is 24.9. The molecule has 1 aliphatic carbocycles. The van der Waals surface area contributed by atoms with Crippen LogP contribution in [-0.2, 0) is 13.0 Å². The van der Waals surface area contributed by atoms with Crippen molar-refractivity contribution in [1.29, 1.82) is 0 Å². The summed E-state index contributed by atoms with van der Waals surface area (Å²) in [5.41, 5.74) is 13.2. The van der Waals surface area contributed by atoms with E-state index in [0.29, 0.717) is 18.4 Å². The number of fused-ring (bicyclic) bond motifs is 1. The molecular formula is C33H39N9O. The minimum atomic E-state index is -0.168. The Morgan fingerprint density at radius 3 is 2.56 bits per heavy atom. The first kappa shape index (κ1) is 28.5. The summed E-state index contributed by atoms with van der Waals surface area (Å²) in [5.74, 6) is 1.64. The van der Waals surface area contributed by atoms with Gasteiger partial charge in [-0.15, -0.1) is 10.2 Å². The van der Waals surface area contributed by atoms with Gasteiger partial charge in [-0.05, 0) is 59.4 Å². The number of H-pyrrole nitrogens is 1. The summed E-state index contributed by atoms with van der Waals surface area (Å²) in [5, 5.41) is 14.6. The number of nitrogens with zero attached hydrogens (tertiary/aromatic N) is 6. The van der Waals surface area contributed by atoms with E-state index in [2.05, 4.69) is 79.4 Å². The van der Waals surface area contributed by atoms with Gasteiger partial charge in [0.25, 0.3) is 0 Å². The largest absolute Gasteiger partial charge is 0.335 e. The van der Waals surface area contributed by atoms with E-state index in [1.807, 2.05) is 37.4 Å². The van der Waals surface area contributed by atoms with Crippen molar-refractivity contribution in [3.63, 3.8) is 0 Å². The van der Waals surface area contributed by atoms with Crippen molar-refractivity contribution in [2.45, 2.75) is 70.9 Å². The van der Waals surface area contributed by atoms with E-state index < -0.39 is 0 Å². The number of aromatic amines is 1. The number of rotatable bonds is 10. The van der Waals surface area contributed by atoms with Crippen molar-refractivity contribution >= 4 is 22.8 Å². The van der Waals surface area contributed by atoms with Crippen molar-refractivity contribution in [2.24, 2.45) is 0 Å². The molecule has 6 rings (SSSR count). The monoisotopic (exact) mass is 577 g/mol. The number of hydrogen-bond donors (Lipinski definition) is 3. The van der Waals surface area contributed by atoms with Gasteiger partial charge in [0.1, 0.15) is 5.82 Å². The van der Waals surface area contributed by atoms with Gasteiger partial charge in [-0.2, -0.15) is 5.21 Å². The Morgan fingerprint density at radius 2 is 1.81 bits per heavy atom. The second kappa shape index (κ2) is 13.2. The van der Waals surface area contributed by atoms with Gasteiger partial charge in [0, 0.05) is 37.3 Å².